The minimum atomic E-state index is 0.469. The zero-order valence-corrected chi connectivity index (χ0v) is 13.2. The molecule has 0 spiro atoms. The standard InChI is InChI=1S/C16H20ClN3O/c1-3-5-14-15(18-4-2)19-11-20-16(14)21-10-12-6-8-13(17)9-7-12/h6-9,11H,3-5,10H2,1-2H3,(H,18,19,20). The maximum Gasteiger partial charge on any atom is 0.222 e. The fourth-order valence-corrected chi connectivity index (χ4v) is 2.17. The van der Waals surface area contributed by atoms with Gasteiger partial charge in [-0.1, -0.05) is 37.1 Å². The highest BCUT2D eigenvalue weighted by atomic mass is 35.5. The van der Waals surface area contributed by atoms with Gasteiger partial charge in [-0.15, -0.1) is 0 Å². The van der Waals surface area contributed by atoms with Gasteiger partial charge in [0.05, 0.1) is 5.56 Å². The van der Waals surface area contributed by atoms with E-state index in [4.69, 9.17) is 16.3 Å². The van der Waals surface area contributed by atoms with Crippen LogP contribution in [0.25, 0.3) is 0 Å². The predicted molar refractivity (Wildman–Crippen MR) is 86.0 cm³/mol. The second-order valence-corrected chi connectivity index (χ2v) is 5.14. The Bertz CT molecular complexity index is 572. The molecule has 1 heterocycles. The maximum absolute atomic E-state index is 5.88. The molecule has 0 atom stereocenters. The Morgan fingerprint density at radius 3 is 2.57 bits per heavy atom. The summed E-state index contributed by atoms with van der Waals surface area (Å²) >= 11 is 5.88. The van der Waals surface area contributed by atoms with Crippen molar-refractivity contribution in [3.05, 3.63) is 46.7 Å². The Morgan fingerprint density at radius 1 is 1.14 bits per heavy atom. The molecule has 1 N–H and O–H groups in total. The Balaban J connectivity index is 2.14. The van der Waals surface area contributed by atoms with Crippen LogP contribution in [0.15, 0.2) is 30.6 Å². The number of nitrogens with zero attached hydrogens (tertiary/aromatic N) is 2. The lowest BCUT2D eigenvalue weighted by atomic mass is 10.1. The molecule has 0 unspecified atom stereocenters. The van der Waals surface area contributed by atoms with Crippen molar-refractivity contribution in [3.8, 4) is 5.88 Å². The van der Waals surface area contributed by atoms with Gasteiger partial charge in [-0.25, -0.2) is 9.97 Å². The van der Waals surface area contributed by atoms with E-state index in [1.807, 2.05) is 31.2 Å². The largest absolute Gasteiger partial charge is 0.472 e. The number of halogens is 1. The molecule has 0 saturated heterocycles. The Labute approximate surface area is 130 Å². The molecule has 0 amide bonds. The van der Waals surface area contributed by atoms with Crippen molar-refractivity contribution in [1.82, 2.24) is 9.97 Å². The maximum atomic E-state index is 5.88. The Kier molecular flexibility index (Phi) is 5.81. The van der Waals surface area contributed by atoms with Gasteiger partial charge in [0, 0.05) is 11.6 Å². The number of anilines is 1. The SMILES string of the molecule is CCCc1c(NCC)ncnc1OCc1ccc(Cl)cc1. The smallest absolute Gasteiger partial charge is 0.222 e. The summed E-state index contributed by atoms with van der Waals surface area (Å²) in [6.07, 6.45) is 3.44. The molecule has 21 heavy (non-hydrogen) atoms. The summed E-state index contributed by atoms with van der Waals surface area (Å²) in [7, 11) is 0. The quantitative estimate of drug-likeness (QED) is 0.837. The summed E-state index contributed by atoms with van der Waals surface area (Å²) in [5, 5.41) is 3.98. The molecule has 5 heteroatoms. The molecule has 1 aromatic heterocycles. The number of nitrogens with one attached hydrogen (secondary N) is 1. The van der Waals surface area contributed by atoms with Crippen LogP contribution in [0.2, 0.25) is 5.02 Å². The molecule has 4 nitrogen and oxygen atoms in total. The van der Waals surface area contributed by atoms with Crippen molar-refractivity contribution in [2.75, 3.05) is 11.9 Å². The minimum Gasteiger partial charge on any atom is -0.472 e. The highest BCUT2D eigenvalue weighted by Crippen LogP contribution is 2.24. The van der Waals surface area contributed by atoms with Gasteiger partial charge >= 0.3 is 0 Å². The number of rotatable bonds is 7. The van der Waals surface area contributed by atoms with Crippen LogP contribution >= 0.6 is 11.6 Å². The van der Waals surface area contributed by atoms with Gasteiger partial charge in [0.1, 0.15) is 18.8 Å². The zero-order chi connectivity index (χ0) is 15.1. The lowest BCUT2D eigenvalue weighted by molar-refractivity contribution is 0.290. The van der Waals surface area contributed by atoms with E-state index < -0.39 is 0 Å². The number of ether oxygens (including phenoxy) is 1. The highest BCUT2D eigenvalue weighted by Gasteiger charge is 2.11. The van der Waals surface area contributed by atoms with Gasteiger partial charge in [-0.05, 0) is 31.0 Å². The molecule has 0 bridgehead atoms. The fourth-order valence-electron chi connectivity index (χ4n) is 2.05. The van der Waals surface area contributed by atoms with Crippen LogP contribution in [0.3, 0.4) is 0 Å². The van der Waals surface area contributed by atoms with E-state index >= 15 is 0 Å². The summed E-state index contributed by atoms with van der Waals surface area (Å²) in [4.78, 5) is 8.57. The summed E-state index contributed by atoms with van der Waals surface area (Å²) in [6, 6.07) is 7.62. The number of hydrogen-bond donors (Lipinski definition) is 1. The van der Waals surface area contributed by atoms with Crippen LogP contribution in [0.4, 0.5) is 5.82 Å². The van der Waals surface area contributed by atoms with Crippen molar-refractivity contribution < 1.29 is 4.74 Å². The molecule has 0 aliphatic carbocycles. The van der Waals surface area contributed by atoms with E-state index in [0.29, 0.717) is 12.5 Å². The van der Waals surface area contributed by atoms with Crippen molar-refractivity contribution in [3.63, 3.8) is 0 Å². The highest BCUT2D eigenvalue weighted by molar-refractivity contribution is 6.30. The van der Waals surface area contributed by atoms with Crippen molar-refractivity contribution in [1.29, 1.82) is 0 Å². The summed E-state index contributed by atoms with van der Waals surface area (Å²) in [5.74, 6) is 1.51. The number of hydrogen-bond acceptors (Lipinski definition) is 4. The molecule has 0 aliphatic heterocycles. The monoisotopic (exact) mass is 305 g/mol. The molecular weight excluding hydrogens is 286 g/mol. The first kappa shape index (κ1) is 15.6. The van der Waals surface area contributed by atoms with E-state index in [9.17, 15) is 0 Å². The Morgan fingerprint density at radius 2 is 1.90 bits per heavy atom. The van der Waals surface area contributed by atoms with Crippen LogP contribution < -0.4 is 10.1 Å². The average molecular weight is 306 g/mol. The first-order chi connectivity index (χ1) is 10.2. The molecule has 2 rings (SSSR count). The molecule has 112 valence electrons. The average Bonchev–Trinajstić information content (AvgIpc) is 2.49. The third kappa shape index (κ3) is 4.33. The first-order valence-electron chi connectivity index (χ1n) is 7.19. The van der Waals surface area contributed by atoms with Crippen LogP contribution in [-0.4, -0.2) is 16.5 Å². The Hall–Kier alpha value is -1.81. The molecule has 1 aromatic carbocycles. The second-order valence-electron chi connectivity index (χ2n) is 4.70. The third-order valence-corrected chi connectivity index (χ3v) is 3.29. The molecule has 0 fully saturated rings. The van der Waals surface area contributed by atoms with E-state index in [2.05, 4.69) is 22.2 Å². The van der Waals surface area contributed by atoms with Gasteiger partial charge in [0.2, 0.25) is 5.88 Å². The van der Waals surface area contributed by atoms with Crippen LogP contribution in [0.1, 0.15) is 31.4 Å². The topological polar surface area (TPSA) is 47.0 Å². The molecule has 2 aromatic rings. The van der Waals surface area contributed by atoms with Crippen molar-refractivity contribution in [2.24, 2.45) is 0 Å². The van der Waals surface area contributed by atoms with E-state index in [1.165, 1.54) is 6.33 Å². The predicted octanol–water partition coefficient (Wildman–Crippen LogP) is 4.09. The van der Waals surface area contributed by atoms with E-state index in [-0.39, 0.29) is 0 Å². The zero-order valence-electron chi connectivity index (χ0n) is 12.4. The van der Waals surface area contributed by atoms with Crippen LogP contribution in [-0.2, 0) is 13.0 Å². The third-order valence-electron chi connectivity index (χ3n) is 3.04. The number of aromatic nitrogens is 2. The van der Waals surface area contributed by atoms with Gasteiger partial charge in [-0.3, -0.25) is 0 Å². The van der Waals surface area contributed by atoms with E-state index in [1.54, 1.807) is 0 Å². The fraction of sp³-hybridized carbons (Fsp3) is 0.375. The van der Waals surface area contributed by atoms with Gasteiger partial charge in [0.25, 0.3) is 0 Å². The summed E-state index contributed by atoms with van der Waals surface area (Å²) in [5.41, 5.74) is 2.10. The van der Waals surface area contributed by atoms with E-state index in [0.717, 1.165) is 41.4 Å². The van der Waals surface area contributed by atoms with Crippen molar-refractivity contribution in [2.45, 2.75) is 33.3 Å². The normalized spacial score (nSPS) is 10.4. The van der Waals surface area contributed by atoms with Crippen LogP contribution in [0.5, 0.6) is 5.88 Å². The van der Waals surface area contributed by atoms with Gasteiger partial charge < -0.3 is 10.1 Å². The van der Waals surface area contributed by atoms with Gasteiger partial charge in [-0.2, -0.15) is 0 Å². The minimum absolute atomic E-state index is 0.469. The molecule has 0 radical (unpaired) electrons. The second kappa shape index (κ2) is 7.84. The first-order valence-corrected chi connectivity index (χ1v) is 7.57. The van der Waals surface area contributed by atoms with Crippen LogP contribution in [0, 0.1) is 0 Å². The molecule has 0 aliphatic rings. The van der Waals surface area contributed by atoms with Gasteiger partial charge in [0.15, 0.2) is 0 Å². The molecule has 0 saturated carbocycles. The lowest BCUT2D eigenvalue weighted by Crippen LogP contribution is -2.08. The molecular formula is C16H20ClN3O. The van der Waals surface area contributed by atoms with Crippen molar-refractivity contribution >= 4 is 17.4 Å². The summed E-state index contributed by atoms with van der Waals surface area (Å²) < 4.78 is 5.87. The number of benzene rings is 1. The summed E-state index contributed by atoms with van der Waals surface area (Å²) in [6.45, 7) is 5.47. The lowest BCUT2D eigenvalue weighted by Gasteiger charge is -2.13.